The van der Waals surface area contributed by atoms with Crippen LogP contribution in [0.4, 0.5) is 5.69 Å². The van der Waals surface area contributed by atoms with E-state index in [0.29, 0.717) is 5.56 Å². The Labute approximate surface area is 299 Å². The summed E-state index contributed by atoms with van der Waals surface area (Å²) in [5.74, 6) is 0.908. The van der Waals surface area contributed by atoms with Crippen LogP contribution in [0.3, 0.4) is 0 Å². The summed E-state index contributed by atoms with van der Waals surface area (Å²) in [5.41, 5.74) is 9.00. The van der Waals surface area contributed by atoms with Crippen molar-refractivity contribution in [1.82, 2.24) is 0 Å². The smallest absolute Gasteiger partial charge is 0.178 e. The maximum Gasteiger partial charge on any atom is 0.178 e. The molecule has 3 aliphatic rings. The number of fused-ring (bicyclic) bond motifs is 11. The SMILES string of the molecule is CC1(C)c2cc(C#N)ccc2-c2c1c1c(c3ccccc23)OC(c2ccc(N3CCCCC3)cc2)(c2cc3ccccc3c3ccccc23)C=C1. The van der Waals surface area contributed by atoms with Gasteiger partial charge < -0.3 is 9.64 Å². The molecule has 2 aliphatic heterocycles. The predicted molar refractivity (Wildman–Crippen MR) is 211 cm³/mol. The standard InChI is InChI=1S/C48H38N2O/c1-47(2)42-28-31(30-49)18-23-40(42)44-38-16-8-9-17-39(38)46-41(45(44)47)24-25-48(51-46,33-19-21-34(22-20-33)50-26-10-3-11-27-50)43-29-32-12-4-5-13-35(32)36-14-6-7-15-37(36)43/h4-9,12-25,28-29H,3,10-11,26-27H2,1-2H3. The van der Waals surface area contributed by atoms with E-state index in [2.05, 4.69) is 152 Å². The van der Waals surface area contributed by atoms with Gasteiger partial charge in [-0.25, -0.2) is 0 Å². The van der Waals surface area contributed by atoms with Crippen LogP contribution in [-0.4, -0.2) is 13.1 Å². The number of piperidine rings is 1. The number of rotatable bonds is 3. The van der Waals surface area contributed by atoms with Gasteiger partial charge in [-0.1, -0.05) is 111 Å². The molecule has 0 radical (unpaired) electrons. The summed E-state index contributed by atoms with van der Waals surface area (Å²) >= 11 is 0. The number of nitrogens with zero attached hydrogens (tertiary/aromatic N) is 2. The van der Waals surface area contributed by atoms with Crippen LogP contribution in [0.5, 0.6) is 5.75 Å². The van der Waals surface area contributed by atoms with Crippen LogP contribution in [0.1, 0.15) is 66.5 Å². The van der Waals surface area contributed by atoms with Crippen molar-refractivity contribution in [3.05, 3.63) is 161 Å². The lowest BCUT2D eigenvalue weighted by Gasteiger charge is -2.39. The molecule has 10 rings (SSSR count). The zero-order valence-electron chi connectivity index (χ0n) is 29.0. The van der Waals surface area contributed by atoms with Gasteiger partial charge in [-0.3, -0.25) is 0 Å². The van der Waals surface area contributed by atoms with Crippen LogP contribution in [0.2, 0.25) is 0 Å². The quantitative estimate of drug-likeness (QED) is 0.177. The van der Waals surface area contributed by atoms with Gasteiger partial charge in [-0.2, -0.15) is 5.26 Å². The van der Waals surface area contributed by atoms with E-state index in [1.54, 1.807) is 0 Å². The van der Waals surface area contributed by atoms with Gasteiger partial charge in [-0.05, 0) is 105 Å². The fourth-order valence-corrected chi connectivity index (χ4v) is 9.39. The molecule has 1 saturated heterocycles. The normalized spacial score (nSPS) is 18.6. The molecule has 0 spiro atoms. The highest BCUT2D eigenvalue weighted by Crippen LogP contribution is 2.58. The number of ether oxygens (including phenoxy) is 1. The molecule has 7 aromatic rings. The minimum Gasteiger partial charge on any atom is -0.472 e. The van der Waals surface area contributed by atoms with E-state index in [1.807, 2.05) is 6.07 Å². The van der Waals surface area contributed by atoms with E-state index in [4.69, 9.17) is 4.74 Å². The lowest BCUT2D eigenvalue weighted by Crippen LogP contribution is -2.35. The molecule has 7 aromatic carbocycles. The van der Waals surface area contributed by atoms with Crippen LogP contribution in [0.15, 0.2) is 127 Å². The molecule has 0 aromatic heterocycles. The summed E-state index contributed by atoms with van der Waals surface area (Å²) in [7, 11) is 0. The lowest BCUT2D eigenvalue weighted by atomic mass is 9.76. The zero-order valence-corrected chi connectivity index (χ0v) is 29.0. The number of hydrogen-bond donors (Lipinski definition) is 0. The Morgan fingerprint density at radius 2 is 1.35 bits per heavy atom. The zero-order chi connectivity index (χ0) is 34.3. The highest BCUT2D eigenvalue weighted by molar-refractivity contribution is 6.11. The fourth-order valence-electron chi connectivity index (χ4n) is 9.39. The summed E-state index contributed by atoms with van der Waals surface area (Å²) in [6.07, 6.45) is 8.45. The van der Waals surface area contributed by atoms with E-state index in [1.165, 1.54) is 74.1 Å². The Hall–Kier alpha value is -5.85. The second kappa shape index (κ2) is 11.1. The van der Waals surface area contributed by atoms with Crippen LogP contribution >= 0.6 is 0 Å². The van der Waals surface area contributed by atoms with Gasteiger partial charge in [0.15, 0.2) is 5.60 Å². The van der Waals surface area contributed by atoms with Gasteiger partial charge in [0.1, 0.15) is 5.75 Å². The highest BCUT2D eigenvalue weighted by atomic mass is 16.5. The summed E-state index contributed by atoms with van der Waals surface area (Å²) in [6, 6.07) is 46.3. The van der Waals surface area contributed by atoms with Crippen molar-refractivity contribution in [2.24, 2.45) is 0 Å². The van der Waals surface area contributed by atoms with Gasteiger partial charge in [0.25, 0.3) is 0 Å². The van der Waals surface area contributed by atoms with E-state index in [-0.39, 0.29) is 5.41 Å². The summed E-state index contributed by atoms with van der Waals surface area (Å²) in [5, 5.41) is 17.0. The first-order valence-corrected chi connectivity index (χ1v) is 18.3. The summed E-state index contributed by atoms with van der Waals surface area (Å²) in [4.78, 5) is 2.52. The average molecular weight is 659 g/mol. The number of nitriles is 1. The largest absolute Gasteiger partial charge is 0.472 e. The first-order chi connectivity index (χ1) is 25.0. The Morgan fingerprint density at radius 3 is 2.12 bits per heavy atom. The maximum atomic E-state index is 9.84. The average Bonchev–Trinajstić information content (AvgIpc) is 3.43. The van der Waals surface area contributed by atoms with Crippen LogP contribution < -0.4 is 9.64 Å². The summed E-state index contributed by atoms with van der Waals surface area (Å²) < 4.78 is 7.76. The predicted octanol–water partition coefficient (Wildman–Crippen LogP) is 11.7. The van der Waals surface area contributed by atoms with Crippen LogP contribution in [0.25, 0.3) is 49.5 Å². The van der Waals surface area contributed by atoms with Crippen LogP contribution in [0, 0.1) is 11.3 Å². The van der Waals surface area contributed by atoms with Crippen molar-refractivity contribution in [1.29, 1.82) is 5.26 Å². The fraction of sp³-hybridized carbons (Fsp3) is 0.188. The molecule has 1 aliphatic carbocycles. The first kappa shape index (κ1) is 30.0. The van der Waals surface area contributed by atoms with Gasteiger partial charge in [0, 0.05) is 46.3 Å². The Kier molecular flexibility index (Phi) is 6.52. The molecule has 1 atom stereocenters. The molecule has 246 valence electrons. The van der Waals surface area contributed by atoms with E-state index < -0.39 is 5.60 Å². The van der Waals surface area contributed by atoms with Crippen LogP contribution in [-0.2, 0) is 11.0 Å². The van der Waals surface area contributed by atoms with Crippen molar-refractivity contribution < 1.29 is 4.74 Å². The molecular formula is C48H38N2O. The Balaban J connectivity index is 1.26. The second-order valence-electron chi connectivity index (χ2n) is 15.0. The van der Waals surface area contributed by atoms with Gasteiger partial charge >= 0.3 is 0 Å². The molecule has 0 bridgehead atoms. The van der Waals surface area contributed by atoms with E-state index in [9.17, 15) is 5.26 Å². The lowest BCUT2D eigenvalue weighted by molar-refractivity contribution is 0.165. The van der Waals surface area contributed by atoms with Crippen molar-refractivity contribution in [3.63, 3.8) is 0 Å². The molecule has 0 amide bonds. The Morgan fingerprint density at radius 1 is 0.667 bits per heavy atom. The molecule has 1 unspecified atom stereocenters. The monoisotopic (exact) mass is 658 g/mol. The molecule has 0 saturated carbocycles. The van der Waals surface area contributed by atoms with Gasteiger partial charge in [-0.15, -0.1) is 0 Å². The van der Waals surface area contributed by atoms with Gasteiger partial charge in [0.05, 0.1) is 11.6 Å². The summed E-state index contributed by atoms with van der Waals surface area (Å²) in [6.45, 7) is 6.79. The molecule has 1 fully saturated rings. The molecule has 2 heterocycles. The Bertz CT molecular complexity index is 2640. The van der Waals surface area contributed by atoms with E-state index >= 15 is 0 Å². The topological polar surface area (TPSA) is 36.3 Å². The van der Waals surface area contributed by atoms with Gasteiger partial charge in [0.2, 0.25) is 0 Å². The first-order valence-electron chi connectivity index (χ1n) is 18.3. The highest BCUT2D eigenvalue weighted by Gasteiger charge is 2.45. The number of hydrogen-bond acceptors (Lipinski definition) is 3. The second-order valence-corrected chi connectivity index (χ2v) is 15.0. The minimum absolute atomic E-state index is 0.328. The third kappa shape index (κ3) is 4.29. The number of anilines is 1. The molecule has 3 nitrogen and oxygen atoms in total. The molecule has 3 heteroatoms. The molecule has 0 N–H and O–H groups in total. The van der Waals surface area contributed by atoms with Crippen molar-refractivity contribution in [2.75, 3.05) is 18.0 Å². The maximum absolute atomic E-state index is 9.84. The van der Waals surface area contributed by atoms with Crippen molar-refractivity contribution in [3.8, 4) is 22.9 Å². The van der Waals surface area contributed by atoms with Crippen molar-refractivity contribution >= 4 is 44.1 Å². The molecule has 51 heavy (non-hydrogen) atoms. The third-order valence-corrected chi connectivity index (χ3v) is 11.9. The number of benzene rings is 7. The minimum atomic E-state index is -0.891. The van der Waals surface area contributed by atoms with Crippen molar-refractivity contribution in [2.45, 2.75) is 44.1 Å². The van der Waals surface area contributed by atoms with E-state index in [0.717, 1.165) is 40.9 Å². The third-order valence-electron chi connectivity index (χ3n) is 11.9. The molecular weight excluding hydrogens is 621 g/mol.